The van der Waals surface area contributed by atoms with E-state index in [1.807, 2.05) is 0 Å². The Labute approximate surface area is 118 Å². The van der Waals surface area contributed by atoms with Crippen LogP contribution in [0.5, 0.6) is 11.5 Å². The number of hydrogen-bond donors (Lipinski definition) is 1. The summed E-state index contributed by atoms with van der Waals surface area (Å²) in [5.41, 5.74) is 0.380. The molecule has 0 bridgehead atoms. The van der Waals surface area contributed by atoms with Crippen molar-refractivity contribution in [2.45, 2.75) is 12.5 Å². The summed E-state index contributed by atoms with van der Waals surface area (Å²) in [4.78, 5) is 12.1. The van der Waals surface area contributed by atoms with Crippen LogP contribution in [0.3, 0.4) is 0 Å². The van der Waals surface area contributed by atoms with E-state index in [2.05, 4.69) is 5.32 Å². The number of sulfone groups is 1. The maximum absolute atomic E-state index is 12.1. The predicted molar refractivity (Wildman–Crippen MR) is 74.1 cm³/mol. The minimum Gasteiger partial charge on any atom is -0.497 e. The minimum absolute atomic E-state index is 0.000155. The van der Waals surface area contributed by atoms with Gasteiger partial charge >= 0.3 is 0 Å². The van der Waals surface area contributed by atoms with Crippen molar-refractivity contribution in [3.05, 3.63) is 23.8 Å². The van der Waals surface area contributed by atoms with Crippen LogP contribution >= 0.6 is 0 Å². The topological polar surface area (TPSA) is 81.7 Å². The fraction of sp³-hybridized carbons (Fsp3) is 0.462. The first-order valence-corrected chi connectivity index (χ1v) is 8.00. The van der Waals surface area contributed by atoms with Gasteiger partial charge in [0.15, 0.2) is 9.84 Å². The molecule has 1 unspecified atom stereocenters. The number of ether oxygens (including phenoxy) is 2. The van der Waals surface area contributed by atoms with Crippen LogP contribution in [-0.4, -0.2) is 46.1 Å². The zero-order chi connectivity index (χ0) is 14.8. The van der Waals surface area contributed by atoms with Gasteiger partial charge in [-0.1, -0.05) is 0 Å². The van der Waals surface area contributed by atoms with Crippen molar-refractivity contribution >= 4 is 15.7 Å². The SMILES string of the molecule is COc1cc(OC)cc(C(=O)NC2CCS(=O)(=O)C2)c1. The molecule has 2 rings (SSSR count). The first-order valence-electron chi connectivity index (χ1n) is 6.18. The summed E-state index contributed by atoms with van der Waals surface area (Å²) in [6.45, 7) is 0. The molecule has 0 saturated carbocycles. The first-order chi connectivity index (χ1) is 9.43. The molecule has 7 heteroatoms. The number of nitrogens with one attached hydrogen (secondary N) is 1. The second-order valence-corrected chi connectivity index (χ2v) is 6.90. The summed E-state index contributed by atoms with van der Waals surface area (Å²) < 4.78 is 32.9. The maximum Gasteiger partial charge on any atom is 0.251 e. The molecule has 1 fully saturated rings. The van der Waals surface area contributed by atoms with Gasteiger partial charge in [0.1, 0.15) is 11.5 Å². The number of carbonyl (C=O) groups is 1. The third-order valence-corrected chi connectivity index (χ3v) is 4.95. The quantitative estimate of drug-likeness (QED) is 0.881. The van der Waals surface area contributed by atoms with E-state index in [1.165, 1.54) is 14.2 Å². The second-order valence-electron chi connectivity index (χ2n) is 4.67. The Hall–Kier alpha value is -1.76. The summed E-state index contributed by atoms with van der Waals surface area (Å²) in [7, 11) is -0.0130. The summed E-state index contributed by atoms with van der Waals surface area (Å²) >= 11 is 0. The Morgan fingerprint density at radius 1 is 1.20 bits per heavy atom. The Balaban J connectivity index is 2.13. The van der Waals surface area contributed by atoms with Gasteiger partial charge in [-0.25, -0.2) is 8.42 Å². The zero-order valence-electron chi connectivity index (χ0n) is 11.4. The maximum atomic E-state index is 12.1. The average molecular weight is 299 g/mol. The van der Waals surface area contributed by atoms with Crippen molar-refractivity contribution in [1.82, 2.24) is 5.32 Å². The Kier molecular flexibility index (Phi) is 4.17. The van der Waals surface area contributed by atoms with Gasteiger partial charge in [0.2, 0.25) is 0 Å². The molecule has 20 heavy (non-hydrogen) atoms. The largest absolute Gasteiger partial charge is 0.497 e. The van der Waals surface area contributed by atoms with E-state index in [0.717, 1.165) is 0 Å². The van der Waals surface area contributed by atoms with Gasteiger partial charge < -0.3 is 14.8 Å². The predicted octanol–water partition coefficient (Wildman–Crippen LogP) is 0.621. The molecular weight excluding hydrogens is 282 g/mol. The van der Waals surface area contributed by atoms with Crippen LogP contribution in [0, 0.1) is 0 Å². The monoisotopic (exact) mass is 299 g/mol. The van der Waals surface area contributed by atoms with E-state index in [9.17, 15) is 13.2 Å². The van der Waals surface area contributed by atoms with Gasteiger partial charge in [0.05, 0.1) is 25.7 Å². The van der Waals surface area contributed by atoms with E-state index < -0.39 is 9.84 Å². The molecule has 0 radical (unpaired) electrons. The van der Waals surface area contributed by atoms with E-state index >= 15 is 0 Å². The van der Waals surface area contributed by atoms with Gasteiger partial charge in [-0.2, -0.15) is 0 Å². The molecule has 1 saturated heterocycles. The summed E-state index contributed by atoms with van der Waals surface area (Å²) in [6.07, 6.45) is 0.454. The number of rotatable bonds is 4. The van der Waals surface area contributed by atoms with Crippen LogP contribution in [0.25, 0.3) is 0 Å². The minimum atomic E-state index is -3.01. The van der Waals surface area contributed by atoms with Crippen molar-refractivity contribution in [1.29, 1.82) is 0 Å². The van der Waals surface area contributed by atoms with Crippen LogP contribution in [-0.2, 0) is 9.84 Å². The standard InChI is InChI=1S/C13H17NO5S/c1-18-11-5-9(6-12(7-11)19-2)13(15)14-10-3-4-20(16,17)8-10/h5-7,10H,3-4,8H2,1-2H3,(H,14,15). The van der Waals surface area contributed by atoms with Crippen molar-refractivity contribution in [2.24, 2.45) is 0 Å². The lowest BCUT2D eigenvalue weighted by molar-refractivity contribution is 0.0940. The molecule has 1 aromatic carbocycles. The highest BCUT2D eigenvalue weighted by molar-refractivity contribution is 7.91. The first kappa shape index (κ1) is 14.6. The van der Waals surface area contributed by atoms with Crippen molar-refractivity contribution < 1.29 is 22.7 Å². The number of amides is 1. The molecular formula is C13H17NO5S. The highest BCUT2D eigenvalue weighted by Crippen LogP contribution is 2.23. The fourth-order valence-electron chi connectivity index (χ4n) is 2.12. The molecule has 0 aromatic heterocycles. The Morgan fingerprint density at radius 2 is 1.80 bits per heavy atom. The number of methoxy groups -OCH3 is 2. The molecule has 110 valence electrons. The molecule has 1 N–H and O–H groups in total. The Morgan fingerprint density at radius 3 is 2.25 bits per heavy atom. The van der Waals surface area contributed by atoms with Crippen LogP contribution < -0.4 is 14.8 Å². The van der Waals surface area contributed by atoms with Crippen LogP contribution in [0.2, 0.25) is 0 Å². The Bertz CT molecular complexity index is 589. The second kappa shape index (κ2) is 5.70. The van der Waals surface area contributed by atoms with Gasteiger partial charge in [0, 0.05) is 17.7 Å². The van der Waals surface area contributed by atoms with E-state index in [4.69, 9.17) is 9.47 Å². The molecule has 0 aliphatic carbocycles. The fourth-order valence-corrected chi connectivity index (χ4v) is 3.79. The molecule has 1 amide bonds. The van der Waals surface area contributed by atoms with E-state index in [-0.39, 0.29) is 23.5 Å². The molecule has 1 atom stereocenters. The molecule has 1 aromatic rings. The number of hydrogen-bond acceptors (Lipinski definition) is 5. The number of benzene rings is 1. The highest BCUT2D eigenvalue weighted by Gasteiger charge is 2.29. The molecule has 1 heterocycles. The van der Waals surface area contributed by atoms with Crippen LogP contribution in [0.1, 0.15) is 16.8 Å². The molecule has 6 nitrogen and oxygen atoms in total. The molecule has 1 aliphatic rings. The van der Waals surface area contributed by atoms with Gasteiger partial charge in [-0.15, -0.1) is 0 Å². The van der Waals surface area contributed by atoms with E-state index in [0.29, 0.717) is 23.5 Å². The number of carbonyl (C=O) groups excluding carboxylic acids is 1. The lowest BCUT2D eigenvalue weighted by atomic mass is 10.1. The van der Waals surface area contributed by atoms with Crippen molar-refractivity contribution in [3.63, 3.8) is 0 Å². The third-order valence-electron chi connectivity index (χ3n) is 3.18. The average Bonchev–Trinajstić information content (AvgIpc) is 2.77. The summed E-state index contributed by atoms with van der Waals surface area (Å²) in [5.74, 6) is 0.811. The van der Waals surface area contributed by atoms with Crippen molar-refractivity contribution in [3.8, 4) is 11.5 Å². The van der Waals surface area contributed by atoms with Gasteiger partial charge in [-0.3, -0.25) is 4.79 Å². The highest BCUT2D eigenvalue weighted by atomic mass is 32.2. The lowest BCUT2D eigenvalue weighted by Gasteiger charge is -2.12. The van der Waals surface area contributed by atoms with Crippen LogP contribution in [0.15, 0.2) is 18.2 Å². The van der Waals surface area contributed by atoms with Gasteiger partial charge in [-0.05, 0) is 18.6 Å². The van der Waals surface area contributed by atoms with Crippen molar-refractivity contribution in [2.75, 3.05) is 25.7 Å². The third kappa shape index (κ3) is 3.41. The molecule has 1 aliphatic heterocycles. The molecule has 0 spiro atoms. The normalized spacial score (nSPS) is 20.4. The lowest BCUT2D eigenvalue weighted by Crippen LogP contribution is -2.35. The zero-order valence-corrected chi connectivity index (χ0v) is 12.2. The summed E-state index contributed by atoms with van der Waals surface area (Å²) in [6, 6.07) is 4.50. The van der Waals surface area contributed by atoms with Gasteiger partial charge in [0.25, 0.3) is 5.91 Å². The summed E-state index contributed by atoms with van der Waals surface area (Å²) in [5, 5.41) is 2.72. The smallest absolute Gasteiger partial charge is 0.251 e. The van der Waals surface area contributed by atoms with Crippen LogP contribution in [0.4, 0.5) is 0 Å². The van der Waals surface area contributed by atoms with E-state index in [1.54, 1.807) is 18.2 Å².